The van der Waals surface area contributed by atoms with Crippen LogP contribution in [-0.2, 0) is 5.41 Å². The van der Waals surface area contributed by atoms with Crippen molar-refractivity contribution in [1.29, 1.82) is 0 Å². The molecule has 0 unspecified atom stereocenters. The Bertz CT molecular complexity index is 3830. The van der Waals surface area contributed by atoms with Crippen LogP contribution in [0.4, 0.5) is 0 Å². The zero-order valence-electron chi connectivity index (χ0n) is 39.0. The molecule has 3 heteroatoms. The zero-order valence-corrected chi connectivity index (χ0v) is 39.0. The van der Waals surface area contributed by atoms with Crippen molar-refractivity contribution in [2.24, 2.45) is 0 Å². The number of nitrogens with zero attached hydrogens (tertiary/aromatic N) is 3. The Labute approximate surface area is 408 Å². The zero-order chi connectivity index (χ0) is 46.8. The monoisotopic (exact) mass is 893 g/mol. The highest BCUT2D eigenvalue weighted by molar-refractivity contribution is 6.11. The third-order valence-electron chi connectivity index (χ3n) is 14.4. The second-order valence-corrected chi connectivity index (χ2v) is 19.0. The van der Waals surface area contributed by atoms with Crippen LogP contribution in [0.5, 0.6) is 0 Å². The van der Waals surface area contributed by atoms with Crippen LogP contribution < -0.4 is 0 Å². The summed E-state index contributed by atoms with van der Waals surface area (Å²) in [7, 11) is 0. The van der Waals surface area contributed by atoms with Crippen LogP contribution in [0.25, 0.3) is 117 Å². The molecule has 1 aliphatic carbocycles. The van der Waals surface area contributed by atoms with E-state index in [4.69, 9.17) is 9.97 Å². The Hall–Kier alpha value is -8.92. The number of rotatable bonds is 8. The fraction of sp³-hybridized carbons (Fsp3) is 0.0448. The van der Waals surface area contributed by atoms with E-state index < -0.39 is 0 Å². The maximum Gasteiger partial charge on any atom is 0.160 e. The Morgan fingerprint density at radius 3 is 1.39 bits per heavy atom. The minimum atomic E-state index is -0.124. The van der Waals surface area contributed by atoms with E-state index in [0.717, 1.165) is 56.0 Å². The van der Waals surface area contributed by atoms with Crippen LogP contribution in [0.3, 0.4) is 0 Å². The summed E-state index contributed by atoms with van der Waals surface area (Å²) in [6.45, 7) is 4.72. The fourth-order valence-electron chi connectivity index (χ4n) is 10.8. The summed E-state index contributed by atoms with van der Waals surface area (Å²) in [5, 5.41) is 2.49. The Morgan fingerprint density at radius 2 is 0.757 bits per heavy atom. The second kappa shape index (κ2) is 16.7. The molecule has 0 saturated carbocycles. The van der Waals surface area contributed by atoms with Gasteiger partial charge in [-0.1, -0.05) is 202 Å². The molecule has 330 valence electrons. The normalized spacial score (nSPS) is 12.5. The first-order valence-corrected chi connectivity index (χ1v) is 24.1. The maximum atomic E-state index is 5.44. The minimum Gasteiger partial charge on any atom is -0.309 e. The molecule has 0 radical (unpaired) electrons. The molecule has 0 aliphatic heterocycles. The second-order valence-electron chi connectivity index (χ2n) is 19.0. The Morgan fingerprint density at radius 1 is 0.300 bits per heavy atom. The molecule has 0 spiro atoms. The van der Waals surface area contributed by atoms with Gasteiger partial charge in [-0.05, 0) is 127 Å². The number of benzene rings is 10. The van der Waals surface area contributed by atoms with Gasteiger partial charge in [0.15, 0.2) is 5.82 Å². The number of para-hydroxylation sites is 1. The smallest absolute Gasteiger partial charge is 0.160 e. The van der Waals surface area contributed by atoms with Crippen molar-refractivity contribution in [1.82, 2.24) is 14.5 Å². The van der Waals surface area contributed by atoms with Gasteiger partial charge < -0.3 is 4.57 Å². The van der Waals surface area contributed by atoms with Crippen molar-refractivity contribution in [3.63, 3.8) is 0 Å². The fourth-order valence-corrected chi connectivity index (χ4v) is 10.8. The molecule has 13 rings (SSSR count). The molecule has 12 aromatic rings. The van der Waals surface area contributed by atoms with Crippen molar-refractivity contribution in [2.75, 3.05) is 0 Å². The van der Waals surface area contributed by atoms with Crippen molar-refractivity contribution in [3.05, 3.63) is 260 Å². The van der Waals surface area contributed by atoms with E-state index in [2.05, 4.69) is 267 Å². The van der Waals surface area contributed by atoms with Gasteiger partial charge in [0.05, 0.1) is 22.4 Å². The number of aromatic nitrogens is 3. The number of fused-ring (bicyclic) bond motifs is 6. The van der Waals surface area contributed by atoms with Crippen molar-refractivity contribution >= 4 is 21.8 Å². The molecular formula is C67H47N3. The summed E-state index contributed by atoms with van der Waals surface area (Å²) >= 11 is 0. The predicted molar refractivity (Wildman–Crippen MR) is 292 cm³/mol. The average molecular weight is 894 g/mol. The first-order valence-electron chi connectivity index (χ1n) is 24.1. The lowest BCUT2D eigenvalue weighted by Crippen LogP contribution is -2.14. The highest BCUT2D eigenvalue weighted by atomic mass is 15.0. The molecular weight excluding hydrogens is 847 g/mol. The van der Waals surface area contributed by atoms with E-state index >= 15 is 0 Å². The van der Waals surface area contributed by atoms with Crippen molar-refractivity contribution < 1.29 is 0 Å². The van der Waals surface area contributed by atoms with Gasteiger partial charge in [0.25, 0.3) is 0 Å². The topological polar surface area (TPSA) is 30.7 Å². The Kier molecular flexibility index (Phi) is 9.85. The molecule has 0 N–H and O–H groups in total. The largest absolute Gasteiger partial charge is 0.309 e. The molecule has 0 amide bonds. The van der Waals surface area contributed by atoms with E-state index in [-0.39, 0.29) is 5.41 Å². The lowest BCUT2D eigenvalue weighted by Gasteiger charge is -2.21. The first kappa shape index (κ1) is 41.3. The van der Waals surface area contributed by atoms with Gasteiger partial charge in [0.2, 0.25) is 0 Å². The van der Waals surface area contributed by atoms with Gasteiger partial charge in [0.1, 0.15) is 0 Å². The van der Waals surface area contributed by atoms with Crippen LogP contribution in [0.15, 0.2) is 249 Å². The lowest BCUT2D eigenvalue weighted by atomic mass is 9.82. The summed E-state index contributed by atoms with van der Waals surface area (Å²) in [5.74, 6) is 0.671. The molecule has 10 aromatic carbocycles. The van der Waals surface area contributed by atoms with Crippen LogP contribution in [-0.4, -0.2) is 14.5 Å². The van der Waals surface area contributed by atoms with E-state index in [9.17, 15) is 0 Å². The van der Waals surface area contributed by atoms with Gasteiger partial charge in [-0.15, -0.1) is 0 Å². The van der Waals surface area contributed by atoms with Crippen LogP contribution in [0.1, 0.15) is 25.0 Å². The van der Waals surface area contributed by atoms with Crippen LogP contribution in [0, 0.1) is 0 Å². The van der Waals surface area contributed by atoms with Crippen LogP contribution in [0.2, 0.25) is 0 Å². The molecule has 3 nitrogen and oxygen atoms in total. The van der Waals surface area contributed by atoms with Gasteiger partial charge in [-0.2, -0.15) is 0 Å². The minimum absolute atomic E-state index is 0.124. The van der Waals surface area contributed by atoms with Crippen molar-refractivity contribution in [3.8, 4) is 95.2 Å². The summed E-state index contributed by atoms with van der Waals surface area (Å²) in [4.78, 5) is 10.8. The molecule has 0 bridgehead atoms. The quantitative estimate of drug-likeness (QED) is 0.152. The molecule has 2 heterocycles. The van der Waals surface area contributed by atoms with Gasteiger partial charge in [-0.3, -0.25) is 0 Å². The highest BCUT2D eigenvalue weighted by Crippen LogP contribution is 2.51. The molecule has 0 saturated heterocycles. The Balaban J connectivity index is 0.961. The van der Waals surface area contributed by atoms with Gasteiger partial charge in [-0.25, -0.2) is 9.97 Å². The van der Waals surface area contributed by atoms with Crippen molar-refractivity contribution in [2.45, 2.75) is 19.3 Å². The first-order chi connectivity index (χ1) is 34.4. The highest BCUT2D eigenvalue weighted by Gasteiger charge is 2.36. The van der Waals surface area contributed by atoms with E-state index in [1.807, 2.05) is 0 Å². The molecule has 0 fully saturated rings. The SMILES string of the molecule is CC1(C)c2ccccc2-c2cc3c4ccccc4n(-c4cccc(-c5cc(-c6cccc(-c7cccc(-c8ccccc8)c7)c6)nc(-c6cccc(-c7cccc(-c8ccccc8)c7)c6)n5)c4)c3cc21. The lowest BCUT2D eigenvalue weighted by molar-refractivity contribution is 0.661. The summed E-state index contributed by atoms with van der Waals surface area (Å²) in [6, 6.07) is 89.7. The summed E-state index contributed by atoms with van der Waals surface area (Å²) in [6.07, 6.45) is 0. The van der Waals surface area contributed by atoms with Gasteiger partial charge >= 0.3 is 0 Å². The third kappa shape index (κ3) is 7.14. The average Bonchev–Trinajstić information content (AvgIpc) is 3.88. The van der Waals surface area contributed by atoms with E-state index in [0.29, 0.717) is 5.82 Å². The molecule has 2 aromatic heterocycles. The van der Waals surface area contributed by atoms with E-state index in [1.54, 1.807) is 0 Å². The standard InChI is InChI=1S/C67H47N3/c1-67(2)60-34-11-9-32-56(60)58-41-59-57-33-10-12-35-64(57)70(65(59)42-61(58)67)55-31-17-29-53(40-55)63-43-62(52-28-15-26-50(38-52)48-24-13-22-46(36-48)44-18-5-3-6-19-44)68-66(69-63)54-30-16-27-51(39-54)49-25-14-23-47(37-49)45-20-7-4-8-21-45/h3-43H,1-2H3. The summed E-state index contributed by atoms with van der Waals surface area (Å²) < 4.78 is 2.44. The number of hydrogen-bond donors (Lipinski definition) is 0. The third-order valence-corrected chi connectivity index (χ3v) is 14.4. The predicted octanol–water partition coefficient (Wildman–Crippen LogP) is 17.5. The van der Waals surface area contributed by atoms with Crippen LogP contribution >= 0.6 is 0 Å². The molecule has 70 heavy (non-hydrogen) atoms. The molecule has 0 atom stereocenters. The van der Waals surface area contributed by atoms with E-state index in [1.165, 1.54) is 66.3 Å². The summed E-state index contributed by atoms with van der Waals surface area (Å²) in [5.41, 5.74) is 22.7. The number of hydrogen-bond acceptors (Lipinski definition) is 2. The maximum absolute atomic E-state index is 5.44. The van der Waals surface area contributed by atoms with Gasteiger partial charge in [0, 0.05) is 38.6 Å². The molecule has 1 aliphatic rings.